The molecule has 1 fully saturated rings. The fourth-order valence-electron chi connectivity index (χ4n) is 3.66. The maximum Gasteiger partial charge on any atom is 0.188 e. The zero-order chi connectivity index (χ0) is 21.4. The number of aromatic nitrogens is 2. The zero-order valence-corrected chi connectivity index (χ0v) is 18.9. The number of methoxy groups -OCH3 is 2. The lowest BCUT2D eigenvalue weighted by molar-refractivity contribution is 0.180. The maximum absolute atomic E-state index is 9.54. The summed E-state index contributed by atoms with van der Waals surface area (Å²) in [5.41, 5.74) is 1.91. The molecular formula is C21H23N5O3S2. The van der Waals surface area contributed by atoms with E-state index in [1.165, 1.54) is 0 Å². The molecule has 5 rings (SSSR count). The molecule has 0 aliphatic carbocycles. The van der Waals surface area contributed by atoms with Crippen LogP contribution < -0.4 is 19.3 Å². The van der Waals surface area contributed by atoms with Gasteiger partial charge in [0.25, 0.3) is 0 Å². The van der Waals surface area contributed by atoms with E-state index in [-0.39, 0.29) is 6.61 Å². The van der Waals surface area contributed by atoms with Crippen molar-refractivity contribution >= 4 is 53.4 Å². The lowest BCUT2D eigenvalue weighted by Gasteiger charge is -2.41. The largest absolute Gasteiger partial charge is 0.497 e. The summed E-state index contributed by atoms with van der Waals surface area (Å²) in [5, 5.41) is 11.4. The smallest absolute Gasteiger partial charge is 0.188 e. The first kappa shape index (κ1) is 20.3. The van der Waals surface area contributed by atoms with Crippen LogP contribution in [0, 0.1) is 0 Å². The molecule has 1 aliphatic rings. The number of ether oxygens (including phenoxy) is 2. The van der Waals surface area contributed by atoms with E-state index in [0.29, 0.717) is 26.6 Å². The topological polar surface area (TPSA) is 74.2 Å². The van der Waals surface area contributed by atoms with Crippen LogP contribution in [0.1, 0.15) is 0 Å². The van der Waals surface area contributed by atoms with Crippen LogP contribution in [0.4, 0.5) is 10.3 Å². The summed E-state index contributed by atoms with van der Waals surface area (Å²) in [6, 6.07) is 11.9. The van der Waals surface area contributed by atoms with Crippen LogP contribution in [0.15, 0.2) is 36.4 Å². The number of thiazole rings is 2. The Morgan fingerprint density at radius 3 is 1.81 bits per heavy atom. The first-order chi connectivity index (χ1) is 15.2. The predicted molar refractivity (Wildman–Crippen MR) is 126 cm³/mol. The summed E-state index contributed by atoms with van der Waals surface area (Å²) >= 11 is 3.29. The van der Waals surface area contributed by atoms with Gasteiger partial charge in [-0.05, 0) is 36.4 Å². The Balaban J connectivity index is 1.46. The molecular weight excluding hydrogens is 434 g/mol. The van der Waals surface area contributed by atoms with E-state index in [9.17, 15) is 5.11 Å². The number of hydrogen-bond acceptors (Lipinski definition) is 10. The van der Waals surface area contributed by atoms with Crippen molar-refractivity contribution in [2.75, 3.05) is 57.2 Å². The molecule has 0 radical (unpaired) electrons. The van der Waals surface area contributed by atoms with Gasteiger partial charge in [0.15, 0.2) is 10.3 Å². The molecule has 0 amide bonds. The highest BCUT2D eigenvalue weighted by atomic mass is 32.1. The second kappa shape index (κ2) is 8.46. The maximum atomic E-state index is 9.54. The highest BCUT2D eigenvalue weighted by Crippen LogP contribution is 2.35. The Morgan fingerprint density at radius 2 is 1.35 bits per heavy atom. The number of hydrogen-bond donors (Lipinski definition) is 1. The van der Waals surface area contributed by atoms with E-state index in [1.807, 2.05) is 36.4 Å². The van der Waals surface area contributed by atoms with E-state index in [0.717, 1.165) is 42.2 Å². The molecule has 8 nitrogen and oxygen atoms in total. The summed E-state index contributed by atoms with van der Waals surface area (Å²) in [7, 11) is 3.35. The summed E-state index contributed by atoms with van der Waals surface area (Å²) in [4.78, 5) is 16.3. The molecule has 0 atom stereocenters. The Morgan fingerprint density at radius 1 is 0.839 bits per heavy atom. The van der Waals surface area contributed by atoms with Crippen LogP contribution in [0.2, 0.25) is 0 Å². The number of fused-ring (bicyclic) bond motifs is 2. The normalized spacial score (nSPS) is 15.2. The van der Waals surface area contributed by atoms with Crippen LogP contribution in [-0.2, 0) is 0 Å². The fourth-order valence-corrected chi connectivity index (χ4v) is 5.62. The fraction of sp³-hybridized carbons (Fsp3) is 0.333. The van der Waals surface area contributed by atoms with Gasteiger partial charge in [-0.2, -0.15) is 0 Å². The van der Waals surface area contributed by atoms with E-state index < -0.39 is 0 Å². The van der Waals surface area contributed by atoms with Crippen molar-refractivity contribution in [3.63, 3.8) is 0 Å². The molecule has 0 bridgehead atoms. The molecule has 162 valence electrons. The number of aliphatic hydroxyl groups is 1. The number of β-amino-alcohol motifs (C(OH)–C–C–N with tert-alkyl or cyclic N) is 1. The highest BCUT2D eigenvalue weighted by Gasteiger charge is 2.27. The minimum absolute atomic E-state index is 0.107. The molecule has 0 saturated carbocycles. The van der Waals surface area contributed by atoms with Crippen LogP contribution in [0.5, 0.6) is 11.5 Å². The third-order valence-corrected chi connectivity index (χ3v) is 7.37. The van der Waals surface area contributed by atoms with E-state index in [4.69, 9.17) is 19.4 Å². The van der Waals surface area contributed by atoms with Crippen molar-refractivity contribution in [1.82, 2.24) is 14.9 Å². The molecule has 3 heterocycles. The second-order valence-electron chi connectivity index (χ2n) is 7.28. The Labute approximate surface area is 187 Å². The van der Waals surface area contributed by atoms with Gasteiger partial charge in [0.2, 0.25) is 0 Å². The molecule has 10 heteroatoms. The Hall–Kier alpha value is -2.66. The quantitative estimate of drug-likeness (QED) is 0.472. The third-order valence-electron chi connectivity index (χ3n) is 5.21. The lowest BCUT2D eigenvalue weighted by atomic mass is 10.3. The van der Waals surface area contributed by atoms with Crippen LogP contribution >= 0.6 is 22.7 Å². The molecule has 0 spiro atoms. The van der Waals surface area contributed by atoms with Crippen LogP contribution in [0.25, 0.3) is 20.4 Å². The van der Waals surface area contributed by atoms with Gasteiger partial charge < -0.3 is 24.4 Å². The van der Waals surface area contributed by atoms with Gasteiger partial charge in [-0.25, -0.2) is 9.97 Å². The molecule has 2 aromatic carbocycles. The third kappa shape index (κ3) is 3.99. The van der Waals surface area contributed by atoms with Crippen LogP contribution in [-0.4, -0.2) is 67.4 Å². The summed E-state index contributed by atoms with van der Waals surface area (Å²) in [6.45, 7) is 2.77. The van der Waals surface area contributed by atoms with Crippen molar-refractivity contribution < 1.29 is 14.6 Å². The first-order valence-corrected chi connectivity index (χ1v) is 11.5. The van der Waals surface area contributed by atoms with Crippen molar-refractivity contribution in [3.8, 4) is 11.5 Å². The molecule has 2 aromatic heterocycles. The standard InChI is InChI=1S/C21H23N5O3S2/c1-28-14-3-5-16-18(9-14)30-20(22-16)25-11-24(7-8-27)12-26(13-25)21-23-17-6-4-15(29-2)10-19(17)31-21/h3-6,9-10,27H,7-8,11-13H2,1-2H3. The zero-order valence-electron chi connectivity index (χ0n) is 17.3. The van der Waals surface area contributed by atoms with Gasteiger partial charge >= 0.3 is 0 Å². The molecule has 1 saturated heterocycles. The summed E-state index contributed by atoms with van der Waals surface area (Å²) < 4.78 is 12.9. The van der Waals surface area contributed by atoms with Crippen molar-refractivity contribution in [2.24, 2.45) is 0 Å². The summed E-state index contributed by atoms with van der Waals surface area (Å²) in [5.74, 6) is 1.66. The lowest BCUT2D eigenvalue weighted by Crippen LogP contribution is -2.55. The number of rotatable bonds is 6. The van der Waals surface area contributed by atoms with Crippen molar-refractivity contribution in [1.29, 1.82) is 0 Å². The van der Waals surface area contributed by atoms with E-state index >= 15 is 0 Å². The monoisotopic (exact) mass is 457 g/mol. The minimum atomic E-state index is 0.107. The van der Waals surface area contributed by atoms with Crippen LogP contribution in [0.3, 0.4) is 0 Å². The summed E-state index contributed by atoms with van der Waals surface area (Å²) in [6.07, 6.45) is 0. The minimum Gasteiger partial charge on any atom is -0.497 e. The van der Waals surface area contributed by atoms with Crippen molar-refractivity contribution in [2.45, 2.75) is 0 Å². The number of benzene rings is 2. The molecule has 1 aliphatic heterocycles. The van der Waals surface area contributed by atoms with Gasteiger partial charge in [-0.1, -0.05) is 22.7 Å². The molecule has 1 N–H and O–H groups in total. The molecule has 0 unspecified atom stereocenters. The van der Waals surface area contributed by atoms with Gasteiger partial charge in [0, 0.05) is 6.54 Å². The predicted octanol–water partition coefficient (Wildman–Crippen LogP) is 3.42. The average molecular weight is 458 g/mol. The second-order valence-corrected chi connectivity index (χ2v) is 9.30. The van der Waals surface area contributed by atoms with E-state index in [1.54, 1.807) is 36.9 Å². The van der Waals surface area contributed by atoms with Gasteiger partial charge in [-0.3, -0.25) is 4.90 Å². The van der Waals surface area contributed by atoms with Gasteiger partial charge in [-0.15, -0.1) is 0 Å². The number of aliphatic hydroxyl groups excluding tert-OH is 1. The van der Waals surface area contributed by atoms with Gasteiger partial charge in [0.05, 0.1) is 61.3 Å². The average Bonchev–Trinajstić information content (AvgIpc) is 3.42. The van der Waals surface area contributed by atoms with E-state index in [2.05, 4.69) is 14.7 Å². The van der Waals surface area contributed by atoms with Gasteiger partial charge in [0.1, 0.15) is 11.5 Å². The SMILES string of the molecule is COc1ccc2nc(N3CN(CCO)CN(c4nc5ccc(OC)cc5s4)C3)sc2c1. The number of anilines is 2. The first-order valence-electron chi connectivity index (χ1n) is 9.89. The highest BCUT2D eigenvalue weighted by molar-refractivity contribution is 7.22. The Bertz CT molecular complexity index is 1120. The Kier molecular flexibility index (Phi) is 5.53. The molecule has 31 heavy (non-hydrogen) atoms. The molecule has 4 aromatic rings. The number of nitrogens with zero attached hydrogens (tertiary/aromatic N) is 5. The van der Waals surface area contributed by atoms with Crippen molar-refractivity contribution in [3.05, 3.63) is 36.4 Å².